The number of aliphatic hydroxyl groups excluding tert-OH is 1. The average molecular weight is 546 g/mol. The highest BCUT2D eigenvalue weighted by Gasteiger charge is 2.26. The summed E-state index contributed by atoms with van der Waals surface area (Å²) < 4.78 is 33.0. The molecule has 0 radical (unpaired) electrons. The van der Waals surface area contributed by atoms with E-state index in [-0.39, 0.29) is 18.4 Å². The number of ether oxygens (including phenoxy) is 1. The second-order valence-corrected chi connectivity index (χ2v) is 12.8. The van der Waals surface area contributed by atoms with Crippen molar-refractivity contribution in [2.75, 3.05) is 24.5 Å². The van der Waals surface area contributed by atoms with Crippen LogP contribution in [0, 0.1) is 17.0 Å². The maximum atomic E-state index is 13.8. The molecule has 0 spiro atoms. The predicted octanol–water partition coefficient (Wildman–Crippen LogP) is 5.74. The van der Waals surface area contributed by atoms with Gasteiger partial charge in [-0.1, -0.05) is 32.9 Å². The summed E-state index contributed by atoms with van der Waals surface area (Å²) in [5.74, 6) is -1.42. The van der Waals surface area contributed by atoms with Crippen molar-refractivity contribution < 1.29 is 23.4 Å². The number of aliphatic hydroxyl groups is 1. The minimum atomic E-state index is -1.03. The standard InChI is InChI=1S/C31H45F2N3O3/c1-30(2,3)18-21-9-10-27(36-11-7-8-12-36)23(13-21)19-34-20-28(37)26(35-29(38)39-31(4,5)6)16-22-14-24(32)17-25(33)15-22/h9-10,13-15,17,26,28,34,37H,7-8,11-12,16,18-20H2,1-6H3,(H,35,38). The fourth-order valence-corrected chi connectivity index (χ4v) is 4.99. The lowest BCUT2D eigenvalue weighted by atomic mass is 9.87. The largest absolute Gasteiger partial charge is 0.444 e. The quantitative estimate of drug-likeness (QED) is 0.355. The number of hydrogen-bond donors (Lipinski definition) is 3. The molecule has 1 heterocycles. The van der Waals surface area contributed by atoms with Crippen LogP contribution in [0.25, 0.3) is 0 Å². The number of nitrogens with one attached hydrogen (secondary N) is 2. The van der Waals surface area contributed by atoms with Crippen molar-refractivity contribution in [1.82, 2.24) is 10.6 Å². The Bertz CT molecular complexity index is 1080. The highest BCUT2D eigenvalue weighted by molar-refractivity contribution is 5.68. The van der Waals surface area contributed by atoms with E-state index in [9.17, 15) is 18.7 Å². The van der Waals surface area contributed by atoms with Crippen molar-refractivity contribution in [1.29, 1.82) is 0 Å². The molecule has 1 aliphatic heterocycles. The molecule has 1 saturated heterocycles. The van der Waals surface area contributed by atoms with Gasteiger partial charge in [-0.15, -0.1) is 0 Å². The highest BCUT2D eigenvalue weighted by atomic mass is 19.1. The van der Waals surface area contributed by atoms with Gasteiger partial charge < -0.3 is 25.4 Å². The van der Waals surface area contributed by atoms with E-state index in [1.807, 2.05) is 0 Å². The van der Waals surface area contributed by atoms with Gasteiger partial charge >= 0.3 is 6.09 Å². The minimum absolute atomic E-state index is 0.0386. The first-order chi connectivity index (χ1) is 18.2. The number of anilines is 1. The first-order valence-electron chi connectivity index (χ1n) is 13.9. The Balaban J connectivity index is 1.73. The van der Waals surface area contributed by atoms with Gasteiger partial charge in [0, 0.05) is 37.9 Å². The number of hydrogen-bond acceptors (Lipinski definition) is 5. The third-order valence-corrected chi connectivity index (χ3v) is 6.54. The SMILES string of the molecule is CC(C)(C)Cc1ccc(N2CCCC2)c(CNCC(O)C(Cc2cc(F)cc(F)c2)NC(=O)OC(C)(C)C)c1. The zero-order chi connectivity index (χ0) is 28.8. The molecular formula is C31H45F2N3O3. The van der Waals surface area contributed by atoms with E-state index in [4.69, 9.17) is 4.74 Å². The molecule has 2 unspecified atom stereocenters. The summed E-state index contributed by atoms with van der Waals surface area (Å²) in [4.78, 5) is 14.9. The van der Waals surface area contributed by atoms with E-state index < -0.39 is 35.5 Å². The molecule has 2 aromatic carbocycles. The van der Waals surface area contributed by atoms with Crippen molar-refractivity contribution in [2.24, 2.45) is 5.41 Å². The van der Waals surface area contributed by atoms with Crippen LogP contribution in [-0.2, 0) is 24.1 Å². The predicted molar refractivity (Wildman–Crippen MR) is 152 cm³/mol. The summed E-state index contributed by atoms with van der Waals surface area (Å²) in [6.07, 6.45) is 1.61. The molecule has 2 aromatic rings. The Kier molecular flexibility index (Phi) is 10.4. The van der Waals surface area contributed by atoms with Gasteiger partial charge in [0.1, 0.15) is 17.2 Å². The van der Waals surface area contributed by atoms with Crippen LogP contribution in [0.5, 0.6) is 0 Å². The lowest BCUT2D eigenvalue weighted by molar-refractivity contribution is 0.0422. The minimum Gasteiger partial charge on any atom is -0.444 e. The van der Waals surface area contributed by atoms with Gasteiger partial charge in [-0.2, -0.15) is 0 Å². The van der Waals surface area contributed by atoms with E-state index in [1.54, 1.807) is 20.8 Å². The van der Waals surface area contributed by atoms with E-state index in [1.165, 1.54) is 36.2 Å². The number of amides is 1. The molecule has 216 valence electrons. The third kappa shape index (κ3) is 10.4. The van der Waals surface area contributed by atoms with Gasteiger partial charge in [-0.05, 0) is 86.8 Å². The molecule has 3 rings (SSSR count). The lowest BCUT2D eigenvalue weighted by Gasteiger charge is -2.28. The molecule has 3 N–H and O–H groups in total. The molecule has 0 saturated carbocycles. The van der Waals surface area contributed by atoms with Crippen molar-refractivity contribution in [3.8, 4) is 0 Å². The van der Waals surface area contributed by atoms with Crippen molar-refractivity contribution >= 4 is 11.8 Å². The molecule has 0 aliphatic carbocycles. The van der Waals surface area contributed by atoms with Gasteiger partial charge in [-0.25, -0.2) is 13.6 Å². The molecular weight excluding hydrogens is 500 g/mol. The molecule has 0 aromatic heterocycles. The van der Waals surface area contributed by atoms with Gasteiger partial charge in [0.25, 0.3) is 0 Å². The molecule has 6 nitrogen and oxygen atoms in total. The van der Waals surface area contributed by atoms with Crippen LogP contribution in [0.3, 0.4) is 0 Å². The summed E-state index contributed by atoms with van der Waals surface area (Å²) in [5, 5.41) is 17.1. The van der Waals surface area contributed by atoms with Crippen molar-refractivity contribution in [3.05, 3.63) is 64.7 Å². The van der Waals surface area contributed by atoms with Crippen LogP contribution in [0.2, 0.25) is 0 Å². The average Bonchev–Trinajstić information content (AvgIpc) is 3.30. The molecule has 1 aliphatic rings. The van der Waals surface area contributed by atoms with Crippen LogP contribution in [0.15, 0.2) is 36.4 Å². The third-order valence-electron chi connectivity index (χ3n) is 6.54. The Morgan fingerprint density at radius 3 is 2.23 bits per heavy atom. The lowest BCUT2D eigenvalue weighted by Crippen LogP contribution is -2.50. The van der Waals surface area contributed by atoms with Gasteiger partial charge in [0.05, 0.1) is 12.1 Å². The monoisotopic (exact) mass is 545 g/mol. The summed E-state index contributed by atoms with van der Waals surface area (Å²) in [6, 6.07) is 9.03. The molecule has 0 bridgehead atoms. The Labute approximate surface area is 232 Å². The summed E-state index contributed by atoms with van der Waals surface area (Å²) in [6.45, 7) is 14.7. The van der Waals surface area contributed by atoms with Crippen molar-refractivity contribution in [2.45, 2.75) is 91.5 Å². The van der Waals surface area contributed by atoms with E-state index in [0.29, 0.717) is 12.1 Å². The molecule has 1 fully saturated rings. The van der Waals surface area contributed by atoms with Crippen LogP contribution in [0.4, 0.5) is 19.3 Å². The molecule has 8 heteroatoms. The van der Waals surface area contributed by atoms with Crippen LogP contribution >= 0.6 is 0 Å². The van der Waals surface area contributed by atoms with E-state index in [0.717, 1.165) is 31.1 Å². The number of carbonyl (C=O) groups is 1. The number of carbonyl (C=O) groups excluding carboxylic acids is 1. The number of halogens is 2. The van der Waals surface area contributed by atoms with Crippen molar-refractivity contribution in [3.63, 3.8) is 0 Å². The number of benzene rings is 2. The van der Waals surface area contributed by atoms with E-state index >= 15 is 0 Å². The maximum Gasteiger partial charge on any atom is 0.407 e. The Morgan fingerprint density at radius 1 is 1.00 bits per heavy atom. The highest BCUT2D eigenvalue weighted by Crippen LogP contribution is 2.29. The smallest absolute Gasteiger partial charge is 0.407 e. The van der Waals surface area contributed by atoms with Gasteiger partial charge in [0.2, 0.25) is 0 Å². The van der Waals surface area contributed by atoms with Gasteiger partial charge in [-0.3, -0.25) is 0 Å². The number of rotatable bonds is 10. The van der Waals surface area contributed by atoms with Crippen LogP contribution < -0.4 is 15.5 Å². The first kappa shape index (κ1) is 30.8. The number of nitrogens with zero attached hydrogens (tertiary/aromatic N) is 1. The summed E-state index contributed by atoms with van der Waals surface area (Å²) in [5.41, 5.74) is 3.39. The zero-order valence-electron chi connectivity index (χ0n) is 24.2. The normalized spacial score (nSPS) is 15.8. The zero-order valence-corrected chi connectivity index (χ0v) is 24.2. The first-order valence-corrected chi connectivity index (χ1v) is 13.9. The second kappa shape index (κ2) is 13.1. The molecule has 1 amide bonds. The fourth-order valence-electron chi connectivity index (χ4n) is 4.99. The Hall–Kier alpha value is -2.71. The van der Waals surface area contributed by atoms with Crippen LogP contribution in [-0.4, -0.2) is 48.6 Å². The number of alkyl carbamates (subject to hydrolysis) is 1. The summed E-state index contributed by atoms with van der Waals surface area (Å²) in [7, 11) is 0. The maximum absolute atomic E-state index is 13.8. The fraction of sp³-hybridized carbons (Fsp3) is 0.581. The molecule has 39 heavy (non-hydrogen) atoms. The van der Waals surface area contributed by atoms with Gasteiger partial charge in [0.15, 0.2) is 0 Å². The summed E-state index contributed by atoms with van der Waals surface area (Å²) >= 11 is 0. The molecule has 2 atom stereocenters. The van der Waals surface area contributed by atoms with Crippen LogP contribution in [0.1, 0.15) is 71.1 Å². The van der Waals surface area contributed by atoms with E-state index in [2.05, 4.69) is 54.5 Å². The topological polar surface area (TPSA) is 73.8 Å². The Morgan fingerprint density at radius 2 is 1.64 bits per heavy atom. The second-order valence-electron chi connectivity index (χ2n) is 12.8.